The maximum absolute atomic E-state index is 8.69. The van der Waals surface area contributed by atoms with Gasteiger partial charge in [-0.05, 0) is 68.1 Å². The highest BCUT2D eigenvalue weighted by Gasteiger charge is 2.21. The molecule has 0 atom stereocenters. The predicted octanol–water partition coefficient (Wildman–Crippen LogP) is 5.61. The van der Waals surface area contributed by atoms with E-state index in [1.165, 1.54) is 38.5 Å². The quantitative estimate of drug-likeness (QED) is 0.598. The van der Waals surface area contributed by atoms with Gasteiger partial charge < -0.3 is 14.8 Å². The van der Waals surface area contributed by atoms with Gasteiger partial charge in [0.15, 0.2) is 6.61 Å². The third-order valence-electron chi connectivity index (χ3n) is 6.50. The van der Waals surface area contributed by atoms with Gasteiger partial charge in [-0.3, -0.25) is 0 Å². The molecule has 0 spiro atoms. The fraction of sp³-hybridized carbons (Fsp3) is 0.560. The number of ether oxygens (including phenoxy) is 2. The third-order valence-corrected chi connectivity index (χ3v) is 6.50. The van der Waals surface area contributed by atoms with Crippen LogP contribution in [0.4, 0.5) is 5.95 Å². The summed E-state index contributed by atoms with van der Waals surface area (Å²) in [5, 5.41) is 12.2. The van der Waals surface area contributed by atoms with E-state index < -0.39 is 0 Å². The molecular formula is C25H32N4O2. The normalized spacial score (nSPS) is 21.4. The van der Waals surface area contributed by atoms with Gasteiger partial charge in [-0.25, -0.2) is 4.98 Å². The zero-order valence-corrected chi connectivity index (χ0v) is 18.3. The highest BCUT2D eigenvalue weighted by Crippen LogP contribution is 2.33. The lowest BCUT2D eigenvalue weighted by molar-refractivity contribution is 0.244. The number of rotatable bonds is 8. The Balaban J connectivity index is 1.51. The van der Waals surface area contributed by atoms with Crippen LogP contribution < -0.4 is 14.8 Å². The van der Waals surface area contributed by atoms with Crippen LogP contribution in [0.1, 0.15) is 58.3 Å². The summed E-state index contributed by atoms with van der Waals surface area (Å²) in [6.07, 6.45) is 11.7. The fourth-order valence-corrected chi connectivity index (χ4v) is 4.55. The van der Waals surface area contributed by atoms with Crippen LogP contribution in [-0.2, 0) is 0 Å². The van der Waals surface area contributed by atoms with Gasteiger partial charge in [0.2, 0.25) is 11.8 Å². The van der Waals surface area contributed by atoms with Gasteiger partial charge in [-0.2, -0.15) is 10.2 Å². The molecular weight excluding hydrogens is 388 g/mol. The van der Waals surface area contributed by atoms with E-state index in [0.717, 1.165) is 29.9 Å². The summed E-state index contributed by atoms with van der Waals surface area (Å²) in [5.74, 6) is 3.38. The molecule has 2 fully saturated rings. The Bertz CT molecular complexity index is 879. The molecule has 2 saturated carbocycles. The maximum atomic E-state index is 8.69. The minimum Gasteiger partial charge on any atom is -0.479 e. The number of anilines is 1. The number of nitrogens with one attached hydrogen (secondary N) is 1. The molecule has 1 heterocycles. The van der Waals surface area contributed by atoms with Crippen molar-refractivity contribution in [1.82, 2.24) is 9.97 Å². The van der Waals surface area contributed by atoms with Gasteiger partial charge in [-0.15, -0.1) is 0 Å². The molecule has 2 aliphatic rings. The van der Waals surface area contributed by atoms with Crippen molar-refractivity contribution in [2.45, 2.75) is 64.3 Å². The smallest absolute Gasteiger partial charge is 0.226 e. The predicted molar refractivity (Wildman–Crippen MR) is 121 cm³/mol. The Morgan fingerprint density at radius 3 is 2.48 bits per heavy atom. The largest absolute Gasteiger partial charge is 0.479 e. The zero-order chi connectivity index (χ0) is 21.5. The van der Waals surface area contributed by atoms with Gasteiger partial charge >= 0.3 is 0 Å². The van der Waals surface area contributed by atoms with Gasteiger partial charge in [-0.1, -0.05) is 31.9 Å². The summed E-state index contributed by atoms with van der Waals surface area (Å²) in [6.45, 7) is 3.07. The SMILES string of the molecule is C[C@H]1CC[C@H](Nc2ncc(-c3ccc(OCC#N)cc3)c(OCC3CCCC3)n2)CC1. The van der Waals surface area contributed by atoms with E-state index in [-0.39, 0.29) is 6.61 Å². The molecule has 4 rings (SSSR count). The van der Waals surface area contributed by atoms with Gasteiger partial charge in [0.1, 0.15) is 11.8 Å². The van der Waals surface area contributed by atoms with Crippen molar-refractivity contribution >= 4 is 5.95 Å². The molecule has 1 N–H and O–H groups in total. The van der Waals surface area contributed by atoms with E-state index in [0.29, 0.717) is 36.1 Å². The molecule has 6 nitrogen and oxygen atoms in total. The topological polar surface area (TPSA) is 80.1 Å². The van der Waals surface area contributed by atoms with Crippen LogP contribution in [-0.4, -0.2) is 29.2 Å². The molecule has 0 radical (unpaired) electrons. The highest BCUT2D eigenvalue weighted by molar-refractivity contribution is 5.69. The summed E-state index contributed by atoms with van der Waals surface area (Å²) >= 11 is 0. The summed E-state index contributed by atoms with van der Waals surface area (Å²) in [4.78, 5) is 9.38. The van der Waals surface area contributed by atoms with E-state index >= 15 is 0 Å². The van der Waals surface area contributed by atoms with Crippen molar-refractivity contribution in [1.29, 1.82) is 5.26 Å². The lowest BCUT2D eigenvalue weighted by Gasteiger charge is -2.27. The van der Waals surface area contributed by atoms with Crippen LogP contribution in [0.25, 0.3) is 11.1 Å². The minimum atomic E-state index is 0.0402. The molecule has 0 bridgehead atoms. The highest BCUT2D eigenvalue weighted by atomic mass is 16.5. The monoisotopic (exact) mass is 420 g/mol. The van der Waals surface area contributed by atoms with Gasteiger partial charge in [0, 0.05) is 12.2 Å². The number of hydrogen-bond acceptors (Lipinski definition) is 6. The first kappa shape index (κ1) is 21.4. The van der Waals surface area contributed by atoms with E-state index in [4.69, 9.17) is 19.7 Å². The lowest BCUT2D eigenvalue weighted by atomic mass is 9.87. The molecule has 0 amide bonds. The number of benzene rings is 1. The minimum absolute atomic E-state index is 0.0402. The standard InChI is InChI=1S/C25H32N4O2/c1-18-6-10-21(11-7-18)28-25-27-16-23(20-8-12-22(13-9-20)30-15-14-26)24(29-25)31-17-19-4-2-3-5-19/h8-9,12-13,16,18-19,21H,2-7,10-11,15,17H2,1H3,(H,27,28,29)/t18-,21-. The molecule has 1 aromatic heterocycles. The van der Waals surface area contributed by atoms with Gasteiger partial charge in [0.05, 0.1) is 12.2 Å². The number of aromatic nitrogens is 2. The summed E-state index contributed by atoms with van der Waals surface area (Å²) < 4.78 is 11.6. The molecule has 0 saturated heterocycles. The molecule has 1 aromatic carbocycles. The second kappa shape index (κ2) is 10.5. The zero-order valence-electron chi connectivity index (χ0n) is 18.3. The van der Waals surface area contributed by atoms with Crippen LogP contribution in [0.3, 0.4) is 0 Å². The molecule has 2 aliphatic carbocycles. The summed E-state index contributed by atoms with van der Waals surface area (Å²) in [7, 11) is 0. The van der Waals surface area contributed by atoms with Crippen LogP contribution in [0.15, 0.2) is 30.5 Å². The van der Waals surface area contributed by atoms with Crippen LogP contribution in [0.5, 0.6) is 11.6 Å². The van der Waals surface area contributed by atoms with Crippen molar-refractivity contribution in [2.24, 2.45) is 11.8 Å². The molecule has 164 valence electrons. The average molecular weight is 421 g/mol. The summed E-state index contributed by atoms with van der Waals surface area (Å²) in [6, 6.07) is 10.1. The van der Waals surface area contributed by atoms with Crippen LogP contribution in [0.2, 0.25) is 0 Å². The second-order valence-electron chi connectivity index (χ2n) is 8.95. The van der Waals surface area contributed by atoms with Crippen molar-refractivity contribution < 1.29 is 9.47 Å². The number of nitrogens with zero attached hydrogens (tertiary/aromatic N) is 3. The fourth-order valence-electron chi connectivity index (χ4n) is 4.55. The first-order valence-corrected chi connectivity index (χ1v) is 11.6. The van der Waals surface area contributed by atoms with Gasteiger partial charge in [0.25, 0.3) is 0 Å². The third kappa shape index (κ3) is 5.88. The Kier molecular flexibility index (Phi) is 7.24. The van der Waals surface area contributed by atoms with E-state index in [1.54, 1.807) is 0 Å². The van der Waals surface area contributed by atoms with Crippen LogP contribution in [0, 0.1) is 23.2 Å². The molecule has 2 aromatic rings. The summed E-state index contributed by atoms with van der Waals surface area (Å²) in [5.41, 5.74) is 1.86. The Morgan fingerprint density at radius 1 is 1.03 bits per heavy atom. The van der Waals surface area contributed by atoms with Crippen molar-refractivity contribution in [3.05, 3.63) is 30.5 Å². The van der Waals surface area contributed by atoms with E-state index in [2.05, 4.69) is 17.2 Å². The van der Waals surface area contributed by atoms with Crippen LogP contribution >= 0.6 is 0 Å². The maximum Gasteiger partial charge on any atom is 0.226 e. The Labute approximate surface area is 185 Å². The number of hydrogen-bond donors (Lipinski definition) is 1. The molecule has 31 heavy (non-hydrogen) atoms. The average Bonchev–Trinajstić information content (AvgIpc) is 3.32. The van der Waals surface area contributed by atoms with Crippen molar-refractivity contribution in [3.8, 4) is 28.8 Å². The second-order valence-corrected chi connectivity index (χ2v) is 8.95. The molecule has 6 heteroatoms. The molecule has 0 unspecified atom stereocenters. The van der Waals surface area contributed by atoms with E-state index in [9.17, 15) is 0 Å². The first-order valence-electron chi connectivity index (χ1n) is 11.6. The molecule has 0 aliphatic heterocycles. The number of nitriles is 1. The van der Waals surface area contributed by atoms with Crippen molar-refractivity contribution in [2.75, 3.05) is 18.5 Å². The Morgan fingerprint density at radius 2 is 1.77 bits per heavy atom. The first-order chi connectivity index (χ1) is 15.2. The lowest BCUT2D eigenvalue weighted by Crippen LogP contribution is -2.26. The Hall–Kier alpha value is -2.81. The van der Waals surface area contributed by atoms with Crippen molar-refractivity contribution in [3.63, 3.8) is 0 Å². The van der Waals surface area contributed by atoms with E-state index in [1.807, 2.05) is 36.5 Å².